The van der Waals surface area contributed by atoms with Crippen LogP contribution in [0, 0.1) is 5.92 Å². The Bertz CT molecular complexity index is 527. The van der Waals surface area contributed by atoms with Crippen molar-refractivity contribution in [3.8, 4) is 0 Å². The van der Waals surface area contributed by atoms with Crippen molar-refractivity contribution in [1.82, 2.24) is 5.32 Å². The number of nitrogen functional groups attached to an aromatic ring is 1. The van der Waals surface area contributed by atoms with Crippen LogP contribution in [-0.4, -0.2) is 11.9 Å². The Kier molecular flexibility index (Phi) is 4.41. The molecule has 1 atom stereocenters. The quantitative estimate of drug-likeness (QED) is 0.592. The molecule has 0 aromatic heterocycles. The monoisotopic (exact) mass is 301 g/mol. The number of nitrogens with two attached hydrogens (primary N) is 1. The maximum Gasteiger partial charge on any atom is 0.416 e. The molecule has 1 unspecified atom stereocenters. The van der Waals surface area contributed by atoms with Gasteiger partial charge in [-0.3, -0.25) is 10.6 Å². The SMILES string of the molecule is CC(NC(=O)c1cc(C(F)(F)F)ccc1NN)C1CCC1. The molecule has 7 heteroatoms. The molecule has 0 saturated heterocycles. The maximum absolute atomic E-state index is 12.7. The predicted molar refractivity (Wildman–Crippen MR) is 73.5 cm³/mol. The number of hydrazine groups is 1. The average Bonchev–Trinajstić information content (AvgIpc) is 2.34. The summed E-state index contributed by atoms with van der Waals surface area (Å²) in [5.74, 6) is 5.11. The Labute approximate surface area is 120 Å². The van der Waals surface area contributed by atoms with E-state index >= 15 is 0 Å². The normalized spacial score (nSPS) is 17.0. The molecule has 1 amide bonds. The smallest absolute Gasteiger partial charge is 0.349 e. The lowest BCUT2D eigenvalue weighted by molar-refractivity contribution is -0.137. The largest absolute Gasteiger partial charge is 0.416 e. The number of alkyl halides is 3. The van der Waals surface area contributed by atoms with Crippen molar-refractivity contribution in [2.75, 3.05) is 5.43 Å². The van der Waals surface area contributed by atoms with Crippen LogP contribution in [0.4, 0.5) is 18.9 Å². The maximum atomic E-state index is 12.7. The second-order valence-corrected chi connectivity index (χ2v) is 5.36. The minimum Gasteiger partial charge on any atom is -0.349 e. The Morgan fingerprint density at radius 2 is 2.05 bits per heavy atom. The molecule has 1 aliphatic rings. The lowest BCUT2D eigenvalue weighted by Crippen LogP contribution is -2.41. The molecular formula is C14H18F3N3O. The zero-order valence-electron chi connectivity index (χ0n) is 11.6. The van der Waals surface area contributed by atoms with Gasteiger partial charge in [0, 0.05) is 6.04 Å². The molecule has 0 bridgehead atoms. The van der Waals surface area contributed by atoms with E-state index < -0.39 is 17.6 Å². The highest BCUT2D eigenvalue weighted by atomic mass is 19.4. The van der Waals surface area contributed by atoms with Gasteiger partial charge in [0.05, 0.1) is 16.8 Å². The number of hydrogen-bond donors (Lipinski definition) is 3. The summed E-state index contributed by atoms with van der Waals surface area (Å²) in [5.41, 5.74) is 1.45. The van der Waals surface area contributed by atoms with Crippen molar-refractivity contribution in [3.05, 3.63) is 29.3 Å². The van der Waals surface area contributed by atoms with Gasteiger partial charge in [-0.05, 0) is 43.9 Å². The third kappa shape index (κ3) is 3.47. The van der Waals surface area contributed by atoms with E-state index in [1.807, 2.05) is 6.92 Å². The Morgan fingerprint density at radius 1 is 1.38 bits per heavy atom. The number of halogens is 3. The van der Waals surface area contributed by atoms with Crippen LogP contribution < -0.4 is 16.6 Å². The molecule has 116 valence electrons. The van der Waals surface area contributed by atoms with Crippen molar-refractivity contribution in [2.24, 2.45) is 11.8 Å². The first kappa shape index (κ1) is 15.6. The van der Waals surface area contributed by atoms with Crippen LogP contribution in [0.3, 0.4) is 0 Å². The van der Waals surface area contributed by atoms with E-state index in [9.17, 15) is 18.0 Å². The highest BCUT2D eigenvalue weighted by Crippen LogP contribution is 2.32. The van der Waals surface area contributed by atoms with Crippen LogP contribution in [0.15, 0.2) is 18.2 Å². The fourth-order valence-corrected chi connectivity index (χ4v) is 2.38. The number of nitrogens with one attached hydrogen (secondary N) is 2. The molecule has 4 nitrogen and oxygen atoms in total. The number of benzene rings is 1. The molecule has 2 rings (SSSR count). The van der Waals surface area contributed by atoms with E-state index in [1.165, 1.54) is 0 Å². The summed E-state index contributed by atoms with van der Waals surface area (Å²) in [6, 6.07) is 2.80. The highest BCUT2D eigenvalue weighted by Gasteiger charge is 2.32. The molecule has 1 aromatic rings. The van der Waals surface area contributed by atoms with E-state index in [0.717, 1.165) is 37.5 Å². The van der Waals surface area contributed by atoms with Gasteiger partial charge in [0.2, 0.25) is 0 Å². The Hall–Kier alpha value is -1.76. The lowest BCUT2D eigenvalue weighted by Gasteiger charge is -2.32. The zero-order valence-corrected chi connectivity index (χ0v) is 11.6. The van der Waals surface area contributed by atoms with Gasteiger partial charge in [-0.1, -0.05) is 6.42 Å². The van der Waals surface area contributed by atoms with Gasteiger partial charge in [-0.2, -0.15) is 13.2 Å². The summed E-state index contributed by atoms with van der Waals surface area (Å²) < 4.78 is 38.2. The van der Waals surface area contributed by atoms with Crippen molar-refractivity contribution >= 4 is 11.6 Å². The minimum absolute atomic E-state index is 0.0635. The third-order valence-electron chi connectivity index (χ3n) is 3.96. The first-order chi connectivity index (χ1) is 9.82. The number of amides is 1. The molecule has 21 heavy (non-hydrogen) atoms. The number of carbonyl (C=O) groups excluding carboxylic acids is 1. The topological polar surface area (TPSA) is 67.2 Å². The third-order valence-corrected chi connectivity index (χ3v) is 3.96. The molecule has 0 spiro atoms. The first-order valence-electron chi connectivity index (χ1n) is 6.81. The van der Waals surface area contributed by atoms with Gasteiger partial charge in [-0.25, -0.2) is 0 Å². The number of hydrogen-bond acceptors (Lipinski definition) is 3. The van der Waals surface area contributed by atoms with Crippen LogP contribution >= 0.6 is 0 Å². The van der Waals surface area contributed by atoms with E-state index in [1.54, 1.807) is 0 Å². The van der Waals surface area contributed by atoms with Crippen molar-refractivity contribution in [3.63, 3.8) is 0 Å². The molecule has 1 aliphatic carbocycles. The fourth-order valence-electron chi connectivity index (χ4n) is 2.38. The molecule has 0 radical (unpaired) electrons. The van der Waals surface area contributed by atoms with E-state index in [4.69, 9.17) is 5.84 Å². The summed E-state index contributed by atoms with van der Waals surface area (Å²) in [6.07, 6.45) is -1.30. The van der Waals surface area contributed by atoms with Gasteiger partial charge >= 0.3 is 6.18 Å². The summed E-state index contributed by atoms with van der Waals surface area (Å²) in [6.45, 7) is 1.87. The molecule has 0 aliphatic heterocycles. The van der Waals surface area contributed by atoms with Crippen molar-refractivity contribution in [2.45, 2.75) is 38.4 Å². The Morgan fingerprint density at radius 3 is 2.52 bits per heavy atom. The van der Waals surface area contributed by atoms with Crippen LogP contribution in [0.1, 0.15) is 42.1 Å². The van der Waals surface area contributed by atoms with Crippen LogP contribution in [0.5, 0.6) is 0 Å². The number of carbonyl (C=O) groups is 1. The number of rotatable bonds is 4. The van der Waals surface area contributed by atoms with E-state index in [2.05, 4.69) is 10.7 Å². The van der Waals surface area contributed by atoms with Gasteiger partial charge in [0.15, 0.2) is 0 Å². The molecule has 0 heterocycles. The Balaban J connectivity index is 2.21. The second kappa shape index (κ2) is 5.93. The van der Waals surface area contributed by atoms with Crippen molar-refractivity contribution < 1.29 is 18.0 Å². The van der Waals surface area contributed by atoms with E-state index in [0.29, 0.717) is 5.92 Å². The molecule has 1 fully saturated rings. The van der Waals surface area contributed by atoms with Crippen LogP contribution in [0.25, 0.3) is 0 Å². The zero-order chi connectivity index (χ0) is 15.6. The molecular weight excluding hydrogens is 283 g/mol. The van der Waals surface area contributed by atoms with Gasteiger partial charge in [0.25, 0.3) is 5.91 Å². The summed E-state index contributed by atoms with van der Waals surface area (Å²) in [5, 5.41) is 2.75. The first-order valence-corrected chi connectivity index (χ1v) is 6.81. The van der Waals surface area contributed by atoms with Crippen LogP contribution in [-0.2, 0) is 6.18 Å². The lowest BCUT2D eigenvalue weighted by atomic mass is 9.80. The van der Waals surface area contributed by atoms with E-state index in [-0.39, 0.29) is 17.3 Å². The standard InChI is InChI=1S/C14H18F3N3O/c1-8(9-3-2-4-9)19-13(21)11-7-10(14(15,16)17)5-6-12(11)20-18/h5-9,20H,2-4,18H2,1H3,(H,19,21). The summed E-state index contributed by atoms with van der Waals surface area (Å²) >= 11 is 0. The van der Waals surface area contributed by atoms with Crippen LogP contribution in [0.2, 0.25) is 0 Å². The van der Waals surface area contributed by atoms with Crippen molar-refractivity contribution in [1.29, 1.82) is 0 Å². The van der Waals surface area contributed by atoms with Gasteiger partial charge in [0.1, 0.15) is 0 Å². The fraction of sp³-hybridized carbons (Fsp3) is 0.500. The van der Waals surface area contributed by atoms with Gasteiger partial charge < -0.3 is 10.7 Å². The second-order valence-electron chi connectivity index (χ2n) is 5.36. The predicted octanol–water partition coefficient (Wildman–Crippen LogP) is 2.91. The molecule has 1 aromatic carbocycles. The van der Waals surface area contributed by atoms with Gasteiger partial charge in [-0.15, -0.1) is 0 Å². The summed E-state index contributed by atoms with van der Waals surface area (Å²) in [7, 11) is 0. The number of anilines is 1. The average molecular weight is 301 g/mol. The molecule has 4 N–H and O–H groups in total. The molecule has 1 saturated carbocycles. The highest BCUT2D eigenvalue weighted by molar-refractivity contribution is 6.00. The minimum atomic E-state index is -4.50. The summed E-state index contributed by atoms with van der Waals surface area (Å²) in [4.78, 5) is 12.2.